The zero-order valence-electron chi connectivity index (χ0n) is 16.5. The van der Waals surface area contributed by atoms with E-state index >= 15 is 0 Å². The van der Waals surface area contributed by atoms with Crippen molar-refractivity contribution in [3.63, 3.8) is 0 Å². The molecule has 0 heterocycles. The molecule has 0 radical (unpaired) electrons. The van der Waals surface area contributed by atoms with Crippen molar-refractivity contribution in [2.75, 3.05) is 10.6 Å². The van der Waals surface area contributed by atoms with Crippen LogP contribution in [-0.4, -0.2) is 23.0 Å². The van der Waals surface area contributed by atoms with Gasteiger partial charge in [-0.25, -0.2) is 0 Å². The number of hydrogen-bond acceptors (Lipinski definition) is 4. The average Bonchev–Trinajstić information content (AvgIpc) is 2.64. The van der Waals surface area contributed by atoms with E-state index in [4.69, 9.17) is 17.0 Å². The van der Waals surface area contributed by atoms with Gasteiger partial charge < -0.3 is 15.4 Å². The summed E-state index contributed by atoms with van der Waals surface area (Å²) in [6.07, 6.45) is 1.03. The molecule has 148 valence electrons. The minimum absolute atomic E-state index is 0.119. The number of anilines is 2. The molecule has 0 aliphatic heterocycles. The van der Waals surface area contributed by atoms with Gasteiger partial charge in [-0.05, 0) is 74.4 Å². The Morgan fingerprint density at radius 2 is 1.79 bits per heavy atom. The van der Waals surface area contributed by atoms with Gasteiger partial charge in [-0.2, -0.15) is 0 Å². The maximum atomic E-state index is 12.4. The number of thiocarbonyl (C=S) groups is 1. The summed E-state index contributed by atoms with van der Waals surface area (Å²) in [5, 5.41) is 8.52. The van der Waals surface area contributed by atoms with Gasteiger partial charge in [0.15, 0.2) is 5.11 Å². The third-order valence-electron chi connectivity index (χ3n) is 4.06. The molecule has 2 rings (SSSR count). The Labute approximate surface area is 170 Å². The highest BCUT2D eigenvalue weighted by atomic mass is 32.1. The smallest absolute Gasteiger partial charge is 0.257 e. The van der Waals surface area contributed by atoms with E-state index in [1.54, 1.807) is 30.3 Å². The molecule has 2 amide bonds. The highest BCUT2D eigenvalue weighted by Gasteiger charge is 2.10. The second-order valence-electron chi connectivity index (χ2n) is 6.48. The lowest BCUT2D eigenvalue weighted by atomic mass is 10.2. The average molecular weight is 400 g/mol. The van der Waals surface area contributed by atoms with E-state index in [1.165, 1.54) is 6.92 Å². The minimum Gasteiger partial charge on any atom is -0.491 e. The Balaban J connectivity index is 1.97. The summed E-state index contributed by atoms with van der Waals surface area (Å²) >= 11 is 5.22. The standard InChI is InChI=1S/C21H25N3O3S/c1-5-14(3)27-18-10-7-16(8-11-18)20(26)24-21(28)23-17-9-6-13(2)19(12-17)22-15(4)25/h6-12,14H,5H2,1-4H3,(H,22,25)(H2,23,24,26,28). The van der Waals surface area contributed by atoms with E-state index in [2.05, 4.69) is 16.0 Å². The van der Waals surface area contributed by atoms with Crippen LogP contribution in [0, 0.1) is 6.92 Å². The molecular weight excluding hydrogens is 374 g/mol. The van der Waals surface area contributed by atoms with E-state index in [0.717, 1.165) is 17.7 Å². The van der Waals surface area contributed by atoms with Gasteiger partial charge >= 0.3 is 0 Å². The number of benzene rings is 2. The SMILES string of the molecule is CCC(C)Oc1ccc(C(=O)NC(=S)Nc2ccc(C)c(NC(C)=O)c2)cc1. The molecule has 2 aromatic rings. The van der Waals surface area contributed by atoms with Crippen molar-refractivity contribution in [1.82, 2.24) is 5.32 Å². The first-order valence-corrected chi connectivity index (χ1v) is 9.46. The highest BCUT2D eigenvalue weighted by molar-refractivity contribution is 7.80. The predicted octanol–water partition coefficient (Wildman–Crippen LogP) is 4.26. The minimum atomic E-state index is -0.318. The number of nitrogens with one attached hydrogen (secondary N) is 3. The van der Waals surface area contributed by atoms with Gasteiger partial charge in [-0.3, -0.25) is 14.9 Å². The van der Waals surface area contributed by atoms with Crippen LogP contribution in [0.5, 0.6) is 5.75 Å². The number of carbonyl (C=O) groups is 2. The summed E-state index contributed by atoms with van der Waals surface area (Å²) in [5.74, 6) is 0.246. The molecule has 0 aliphatic carbocycles. The number of amides is 2. The van der Waals surface area contributed by atoms with E-state index in [9.17, 15) is 9.59 Å². The zero-order valence-corrected chi connectivity index (χ0v) is 17.3. The maximum Gasteiger partial charge on any atom is 0.257 e. The summed E-state index contributed by atoms with van der Waals surface area (Å²) in [4.78, 5) is 23.6. The lowest BCUT2D eigenvalue weighted by Gasteiger charge is -2.14. The monoisotopic (exact) mass is 399 g/mol. The molecule has 28 heavy (non-hydrogen) atoms. The zero-order chi connectivity index (χ0) is 20.7. The van der Waals surface area contributed by atoms with Crippen LogP contribution < -0.4 is 20.7 Å². The first-order chi connectivity index (χ1) is 13.3. The summed E-state index contributed by atoms with van der Waals surface area (Å²) in [6.45, 7) is 7.38. The number of aryl methyl sites for hydroxylation is 1. The van der Waals surface area contributed by atoms with Crippen molar-refractivity contribution in [2.24, 2.45) is 0 Å². The Morgan fingerprint density at radius 3 is 2.39 bits per heavy atom. The van der Waals surface area contributed by atoms with Crippen LogP contribution in [0.25, 0.3) is 0 Å². The molecule has 0 aliphatic rings. The van der Waals surface area contributed by atoms with Gasteiger partial charge in [0.05, 0.1) is 6.10 Å². The Hall–Kier alpha value is -2.93. The number of hydrogen-bond donors (Lipinski definition) is 3. The van der Waals surface area contributed by atoms with Crippen molar-refractivity contribution >= 4 is 40.5 Å². The van der Waals surface area contributed by atoms with Gasteiger partial charge in [0.25, 0.3) is 5.91 Å². The van der Waals surface area contributed by atoms with E-state index in [1.807, 2.05) is 32.9 Å². The molecule has 1 atom stereocenters. The second kappa shape index (κ2) is 9.85. The molecule has 2 aromatic carbocycles. The topological polar surface area (TPSA) is 79.5 Å². The molecule has 0 saturated carbocycles. The van der Waals surface area contributed by atoms with E-state index in [0.29, 0.717) is 16.9 Å². The van der Waals surface area contributed by atoms with Crippen LogP contribution in [0.2, 0.25) is 0 Å². The molecule has 0 bridgehead atoms. The molecule has 0 saturated heterocycles. The van der Waals surface area contributed by atoms with Crippen molar-refractivity contribution < 1.29 is 14.3 Å². The van der Waals surface area contributed by atoms with E-state index in [-0.39, 0.29) is 23.0 Å². The molecule has 0 aromatic heterocycles. The van der Waals surface area contributed by atoms with Crippen LogP contribution in [0.4, 0.5) is 11.4 Å². The quantitative estimate of drug-likeness (QED) is 0.633. The van der Waals surface area contributed by atoms with Crippen molar-refractivity contribution in [1.29, 1.82) is 0 Å². The highest BCUT2D eigenvalue weighted by Crippen LogP contribution is 2.20. The summed E-state index contributed by atoms with van der Waals surface area (Å²) < 4.78 is 5.71. The van der Waals surface area contributed by atoms with Crippen molar-refractivity contribution in [2.45, 2.75) is 40.2 Å². The van der Waals surface area contributed by atoms with E-state index < -0.39 is 0 Å². The third kappa shape index (κ3) is 6.35. The molecule has 3 N–H and O–H groups in total. The van der Waals surface area contributed by atoms with Crippen molar-refractivity contribution in [3.8, 4) is 5.75 Å². The van der Waals surface area contributed by atoms with Gasteiger partial charge in [0, 0.05) is 23.9 Å². The summed E-state index contributed by atoms with van der Waals surface area (Å²) in [6, 6.07) is 12.3. The first kappa shape index (κ1) is 21.4. The fourth-order valence-corrected chi connectivity index (χ4v) is 2.57. The molecule has 1 unspecified atom stereocenters. The fourth-order valence-electron chi connectivity index (χ4n) is 2.36. The second-order valence-corrected chi connectivity index (χ2v) is 6.89. The largest absolute Gasteiger partial charge is 0.491 e. The van der Waals surface area contributed by atoms with Crippen LogP contribution >= 0.6 is 12.2 Å². The van der Waals surface area contributed by atoms with Gasteiger partial charge in [-0.1, -0.05) is 13.0 Å². The number of ether oxygens (including phenoxy) is 1. The van der Waals surface area contributed by atoms with Crippen LogP contribution in [0.15, 0.2) is 42.5 Å². The number of rotatable bonds is 6. The van der Waals surface area contributed by atoms with Gasteiger partial charge in [0.1, 0.15) is 5.75 Å². The summed E-state index contributed by atoms with van der Waals surface area (Å²) in [5.41, 5.74) is 2.75. The maximum absolute atomic E-state index is 12.4. The fraction of sp³-hybridized carbons (Fsp3) is 0.286. The lowest BCUT2D eigenvalue weighted by molar-refractivity contribution is -0.114. The Bertz CT molecular complexity index is 866. The van der Waals surface area contributed by atoms with Crippen LogP contribution in [-0.2, 0) is 4.79 Å². The van der Waals surface area contributed by atoms with Gasteiger partial charge in [-0.15, -0.1) is 0 Å². The molecule has 7 heteroatoms. The van der Waals surface area contributed by atoms with Crippen LogP contribution in [0.3, 0.4) is 0 Å². The van der Waals surface area contributed by atoms with Gasteiger partial charge in [0.2, 0.25) is 5.91 Å². The predicted molar refractivity (Wildman–Crippen MR) is 116 cm³/mol. The molecular formula is C21H25N3O3S. The Kier molecular flexibility index (Phi) is 7.52. The molecule has 0 fully saturated rings. The van der Waals surface area contributed by atoms with Crippen LogP contribution in [0.1, 0.15) is 43.1 Å². The third-order valence-corrected chi connectivity index (χ3v) is 4.27. The normalized spacial score (nSPS) is 11.3. The number of carbonyl (C=O) groups excluding carboxylic acids is 2. The summed E-state index contributed by atoms with van der Waals surface area (Å²) in [7, 11) is 0. The lowest BCUT2D eigenvalue weighted by Crippen LogP contribution is -2.34. The van der Waals surface area contributed by atoms with Crippen molar-refractivity contribution in [3.05, 3.63) is 53.6 Å². The molecule has 0 spiro atoms. The molecule has 6 nitrogen and oxygen atoms in total. The Morgan fingerprint density at radius 1 is 1.11 bits per heavy atom. The first-order valence-electron chi connectivity index (χ1n) is 9.05.